The molecular formula is C25H40O6. The lowest BCUT2D eigenvalue weighted by atomic mass is 9.50. The molecule has 0 spiro atoms. The molecule has 0 aromatic carbocycles. The molecule has 4 bridgehead atoms. The molecule has 4 saturated carbocycles. The predicted octanol–water partition coefficient (Wildman–Crippen LogP) is 4.88. The normalized spacial score (nSPS) is 45.4. The van der Waals surface area contributed by atoms with Gasteiger partial charge in [-0.15, -0.1) is 0 Å². The molecular weight excluding hydrogens is 396 g/mol. The third-order valence-electron chi connectivity index (χ3n) is 8.29. The summed E-state index contributed by atoms with van der Waals surface area (Å²) in [4.78, 5) is 12.9. The van der Waals surface area contributed by atoms with Gasteiger partial charge in [-0.05, 0) is 70.1 Å². The van der Waals surface area contributed by atoms with Crippen LogP contribution < -0.4 is 0 Å². The molecule has 4 aliphatic carbocycles. The van der Waals surface area contributed by atoms with E-state index in [1.807, 2.05) is 13.8 Å². The van der Waals surface area contributed by atoms with Crippen LogP contribution in [0.5, 0.6) is 0 Å². The maximum absolute atomic E-state index is 12.9. The highest BCUT2D eigenvalue weighted by Gasteiger charge is 2.67. The summed E-state index contributed by atoms with van der Waals surface area (Å²) in [6.07, 6.45) is 12.3. The Morgan fingerprint density at radius 3 is 1.87 bits per heavy atom. The first-order valence-electron chi connectivity index (χ1n) is 12.7. The highest BCUT2D eigenvalue weighted by Crippen LogP contribution is 2.63. The molecule has 0 amide bonds. The Kier molecular flexibility index (Phi) is 6.13. The smallest absolute Gasteiger partial charge is 0.309 e. The Morgan fingerprint density at radius 1 is 0.871 bits per heavy atom. The van der Waals surface area contributed by atoms with Crippen LogP contribution in [0.15, 0.2) is 0 Å². The largest absolute Gasteiger partial charge is 0.459 e. The molecule has 5 atom stereocenters. The van der Waals surface area contributed by atoms with E-state index < -0.39 is 5.60 Å². The summed E-state index contributed by atoms with van der Waals surface area (Å²) >= 11 is 0. The van der Waals surface area contributed by atoms with Gasteiger partial charge in [0.15, 0.2) is 12.6 Å². The standard InChI is InChI=1S/C25H40O6/c1-3-18(2)22(26)31-25-14-19-12-23(16-25,29-20-8-4-6-10-27-20)15-24(13-19,17-25)30-21-9-5-7-11-28-21/h18-21H,3-17H2,1-2H3. The van der Waals surface area contributed by atoms with E-state index in [9.17, 15) is 4.79 Å². The summed E-state index contributed by atoms with van der Waals surface area (Å²) in [5.41, 5.74) is -1.14. The van der Waals surface area contributed by atoms with Gasteiger partial charge in [0.05, 0.1) is 17.1 Å². The zero-order valence-electron chi connectivity index (χ0n) is 19.4. The SMILES string of the molecule is CCC(C)C(=O)OC12CC3CC(OC4CCCCO4)(C1)CC(OC1CCCCO1)(C3)C2. The molecule has 6 nitrogen and oxygen atoms in total. The van der Waals surface area contributed by atoms with Gasteiger partial charge in [-0.1, -0.05) is 13.8 Å². The van der Waals surface area contributed by atoms with Gasteiger partial charge < -0.3 is 23.7 Å². The van der Waals surface area contributed by atoms with Gasteiger partial charge in [-0.2, -0.15) is 0 Å². The summed E-state index contributed by atoms with van der Waals surface area (Å²) in [6, 6.07) is 0. The summed E-state index contributed by atoms with van der Waals surface area (Å²) in [5, 5.41) is 0. The zero-order valence-corrected chi connectivity index (χ0v) is 19.4. The van der Waals surface area contributed by atoms with Gasteiger partial charge in [-0.25, -0.2) is 0 Å². The Labute approximate surface area is 186 Å². The molecule has 0 N–H and O–H groups in total. The number of rotatable bonds is 7. The van der Waals surface area contributed by atoms with Crippen molar-refractivity contribution in [2.45, 2.75) is 127 Å². The van der Waals surface area contributed by atoms with Crippen molar-refractivity contribution in [3.05, 3.63) is 0 Å². The molecule has 6 rings (SSSR count). The van der Waals surface area contributed by atoms with E-state index in [0.717, 1.165) is 96.7 Å². The van der Waals surface area contributed by atoms with Crippen LogP contribution >= 0.6 is 0 Å². The van der Waals surface area contributed by atoms with E-state index in [2.05, 4.69) is 0 Å². The Hall–Kier alpha value is -0.690. The highest BCUT2D eigenvalue weighted by molar-refractivity contribution is 5.72. The quantitative estimate of drug-likeness (QED) is 0.530. The van der Waals surface area contributed by atoms with Crippen molar-refractivity contribution in [1.82, 2.24) is 0 Å². The van der Waals surface area contributed by atoms with E-state index in [-0.39, 0.29) is 35.7 Å². The highest BCUT2D eigenvalue weighted by atomic mass is 16.7. The number of esters is 1. The van der Waals surface area contributed by atoms with Crippen molar-refractivity contribution in [3.8, 4) is 0 Å². The summed E-state index contributed by atoms with van der Waals surface area (Å²) in [6.45, 7) is 5.56. The fourth-order valence-corrected chi connectivity index (χ4v) is 7.20. The fourth-order valence-electron chi connectivity index (χ4n) is 7.20. The maximum atomic E-state index is 12.9. The molecule has 2 aliphatic heterocycles. The van der Waals surface area contributed by atoms with Crippen molar-refractivity contribution in [2.75, 3.05) is 13.2 Å². The molecule has 5 unspecified atom stereocenters. The fraction of sp³-hybridized carbons (Fsp3) is 0.960. The first-order chi connectivity index (χ1) is 14.9. The molecule has 31 heavy (non-hydrogen) atoms. The molecule has 6 heteroatoms. The molecule has 0 aromatic heterocycles. The van der Waals surface area contributed by atoms with Crippen LogP contribution in [0.1, 0.15) is 97.3 Å². The van der Waals surface area contributed by atoms with Crippen LogP contribution in [0.25, 0.3) is 0 Å². The third-order valence-corrected chi connectivity index (χ3v) is 8.29. The molecule has 2 heterocycles. The minimum atomic E-state index is -0.483. The Bertz CT molecular complexity index is 616. The molecule has 0 aromatic rings. The van der Waals surface area contributed by atoms with Gasteiger partial charge in [0, 0.05) is 32.5 Å². The number of hydrogen-bond donors (Lipinski definition) is 0. The van der Waals surface area contributed by atoms with Crippen LogP contribution in [-0.2, 0) is 28.5 Å². The topological polar surface area (TPSA) is 63.2 Å². The Morgan fingerprint density at radius 2 is 1.39 bits per heavy atom. The van der Waals surface area contributed by atoms with Crippen LogP contribution in [0, 0.1) is 11.8 Å². The van der Waals surface area contributed by atoms with E-state index >= 15 is 0 Å². The van der Waals surface area contributed by atoms with Gasteiger partial charge in [0.1, 0.15) is 5.60 Å². The average Bonchev–Trinajstić information content (AvgIpc) is 2.72. The van der Waals surface area contributed by atoms with Gasteiger partial charge in [0.2, 0.25) is 0 Å². The van der Waals surface area contributed by atoms with Crippen molar-refractivity contribution >= 4 is 5.97 Å². The van der Waals surface area contributed by atoms with E-state index in [1.165, 1.54) is 0 Å². The minimum Gasteiger partial charge on any atom is -0.459 e. The molecule has 176 valence electrons. The lowest BCUT2D eigenvalue weighted by Crippen LogP contribution is -2.69. The first kappa shape index (κ1) is 22.1. The molecule has 2 saturated heterocycles. The molecule has 0 radical (unpaired) electrons. The number of ether oxygens (including phenoxy) is 5. The lowest BCUT2D eigenvalue weighted by Gasteiger charge is -2.65. The lowest BCUT2D eigenvalue weighted by molar-refractivity contribution is -0.343. The van der Waals surface area contributed by atoms with Crippen LogP contribution in [0.2, 0.25) is 0 Å². The van der Waals surface area contributed by atoms with Crippen LogP contribution in [0.4, 0.5) is 0 Å². The van der Waals surface area contributed by atoms with E-state index in [0.29, 0.717) is 5.92 Å². The summed E-state index contributed by atoms with van der Waals surface area (Å²) < 4.78 is 31.8. The predicted molar refractivity (Wildman–Crippen MR) is 114 cm³/mol. The second-order valence-corrected chi connectivity index (χ2v) is 11.1. The summed E-state index contributed by atoms with van der Waals surface area (Å²) in [7, 11) is 0. The van der Waals surface area contributed by atoms with Crippen molar-refractivity contribution in [2.24, 2.45) is 11.8 Å². The van der Waals surface area contributed by atoms with Crippen molar-refractivity contribution in [3.63, 3.8) is 0 Å². The van der Waals surface area contributed by atoms with Gasteiger partial charge in [0.25, 0.3) is 0 Å². The second kappa shape index (κ2) is 8.58. The van der Waals surface area contributed by atoms with E-state index in [4.69, 9.17) is 23.7 Å². The van der Waals surface area contributed by atoms with Gasteiger partial charge in [-0.3, -0.25) is 4.79 Å². The first-order valence-corrected chi connectivity index (χ1v) is 12.7. The molecule has 6 aliphatic rings. The average molecular weight is 437 g/mol. The van der Waals surface area contributed by atoms with Crippen molar-refractivity contribution < 1.29 is 28.5 Å². The van der Waals surface area contributed by atoms with Crippen molar-refractivity contribution in [1.29, 1.82) is 0 Å². The van der Waals surface area contributed by atoms with E-state index in [1.54, 1.807) is 0 Å². The maximum Gasteiger partial charge on any atom is 0.309 e. The van der Waals surface area contributed by atoms with Crippen LogP contribution in [-0.4, -0.2) is 48.6 Å². The number of carbonyl (C=O) groups is 1. The number of carbonyl (C=O) groups excluding carboxylic acids is 1. The van der Waals surface area contributed by atoms with Crippen LogP contribution in [0.3, 0.4) is 0 Å². The minimum absolute atomic E-state index is 0.0717. The van der Waals surface area contributed by atoms with Gasteiger partial charge >= 0.3 is 5.97 Å². The zero-order chi connectivity index (χ0) is 21.5. The molecule has 6 fully saturated rings. The Balaban J connectivity index is 1.40. The number of hydrogen-bond acceptors (Lipinski definition) is 6. The monoisotopic (exact) mass is 436 g/mol. The summed E-state index contributed by atoms with van der Waals surface area (Å²) in [5.74, 6) is 0.302. The third kappa shape index (κ3) is 4.55. The second-order valence-electron chi connectivity index (χ2n) is 11.1.